The maximum Gasteiger partial charge on any atom is 0.306 e. The van der Waals surface area contributed by atoms with Gasteiger partial charge < -0.3 is 14.2 Å². The Hall–Kier alpha value is -1.85. The molecule has 0 heterocycles. The fourth-order valence-corrected chi connectivity index (χ4v) is 9.56. The molecule has 0 amide bonds. The van der Waals surface area contributed by atoms with E-state index in [1.165, 1.54) is 244 Å². The number of carbonyl (C=O) groups is 3. The number of hydrogen-bond donors (Lipinski definition) is 0. The van der Waals surface area contributed by atoms with Gasteiger partial charge in [-0.25, -0.2) is 0 Å². The zero-order valence-electron chi connectivity index (χ0n) is 46.9. The second kappa shape index (κ2) is 58.7. The fraction of sp³-hybridized carbons (Fsp3) is 0.921. The Labute approximate surface area is 431 Å². The molecule has 0 radical (unpaired) electrons. The Morgan fingerprint density at radius 1 is 0.275 bits per heavy atom. The van der Waals surface area contributed by atoms with Crippen LogP contribution in [-0.4, -0.2) is 37.2 Å². The molecule has 0 aromatic rings. The number of allylic oxidation sites excluding steroid dienone is 2. The number of esters is 3. The molecular weight excluding hydrogens is 853 g/mol. The van der Waals surface area contributed by atoms with E-state index in [2.05, 4.69) is 32.9 Å². The van der Waals surface area contributed by atoms with Crippen LogP contribution in [0.4, 0.5) is 0 Å². The van der Waals surface area contributed by atoms with Crippen molar-refractivity contribution in [3.8, 4) is 0 Å². The summed E-state index contributed by atoms with van der Waals surface area (Å²) in [6, 6.07) is 0. The third-order valence-corrected chi connectivity index (χ3v) is 14.3. The lowest BCUT2D eigenvalue weighted by atomic mass is 10.0. The van der Waals surface area contributed by atoms with Gasteiger partial charge in [0.05, 0.1) is 0 Å². The smallest absolute Gasteiger partial charge is 0.306 e. The van der Waals surface area contributed by atoms with Crippen molar-refractivity contribution < 1.29 is 28.6 Å². The van der Waals surface area contributed by atoms with Gasteiger partial charge in [-0.1, -0.05) is 303 Å². The first-order valence-electron chi connectivity index (χ1n) is 31.2. The van der Waals surface area contributed by atoms with Crippen molar-refractivity contribution in [3.05, 3.63) is 12.2 Å². The van der Waals surface area contributed by atoms with E-state index in [1.807, 2.05) is 0 Å². The van der Waals surface area contributed by atoms with Crippen LogP contribution in [-0.2, 0) is 28.6 Å². The van der Waals surface area contributed by atoms with Gasteiger partial charge >= 0.3 is 17.9 Å². The van der Waals surface area contributed by atoms with Crippen LogP contribution >= 0.6 is 0 Å². The molecule has 0 rings (SSSR count). The topological polar surface area (TPSA) is 78.9 Å². The second-order valence-corrected chi connectivity index (χ2v) is 21.3. The summed E-state index contributed by atoms with van der Waals surface area (Å²) in [5.74, 6) is -0.871. The lowest BCUT2D eigenvalue weighted by Gasteiger charge is -2.18. The summed E-state index contributed by atoms with van der Waals surface area (Å²) in [5, 5.41) is 0. The molecule has 0 aliphatic rings. The highest BCUT2D eigenvalue weighted by molar-refractivity contribution is 5.71. The summed E-state index contributed by atoms with van der Waals surface area (Å²) in [7, 11) is 0. The molecule has 0 aromatic carbocycles. The summed E-state index contributed by atoms with van der Waals surface area (Å²) in [5.41, 5.74) is 0. The first kappa shape index (κ1) is 67.1. The fourth-order valence-electron chi connectivity index (χ4n) is 9.56. The summed E-state index contributed by atoms with van der Waals surface area (Å²) in [6.45, 7) is 6.60. The molecule has 0 fully saturated rings. The van der Waals surface area contributed by atoms with E-state index in [-0.39, 0.29) is 31.1 Å². The Kier molecular flexibility index (Phi) is 57.1. The van der Waals surface area contributed by atoms with Crippen molar-refractivity contribution in [1.29, 1.82) is 0 Å². The Morgan fingerprint density at radius 3 is 0.725 bits per heavy atom. The van der Waals surface area contributed by atoms with Crippen molar-refractivity contribution in [1.82, 2.24) is 0 Å². The molecule has 1 atom stereocenters. The van der Waals surface area contributed by atoms with Crippen LogP contribution in [0.25, 0.3) is 0 Å². The van der Waals surface area contributed by atoms with Gasteiger partial charge in [-0.3, -0.25) is 14.4 Å². The predicted octanol–water partition coefficient (Wildman–Crippen LogP) is 20.9. The lowest BCUT2D eigenvalue weighted by molar-refractivity contribution is -0.167. The summed E-state index contributed by atoms with van der Waals surface area (Å²) < 4.78 is 16.7. The SMILES string of the molecule is CCCCCCCC/C=C\CCCCCCCC(=O)OC(COC(=O)CCCCCCC)COC(=O)CCCCCCCCCCCCCCCCCCCCCCCCCCCCCCCCC. The highest BCUT2D eigenvalue weighted by Gasteiger charge is 2.19. The molecule has 0 spiro atoms. The van der Waals surface area contributed by atoms with Gasteiger partial charge in [0.15, 0.2) is 6.10 Å². The third kappa shape index (κ3) is 56.9. The molecule has 0 saturated heterocycles. The molecule has 0 N–H and O–H groups in total. The zero-order valence-corrected chi connectivity index (χ0v) is 46.9. The van der Waals surface area contributed by atoms with Crippen molar-refractivity contribution >= 4 is 17.9 Å². The maximum atomic E-state index is 12.8. The number of ether oxygens (including phenoxy) is 3. The zero-order chi connectivity index (χ0) is 50.0. The molecule has 69 heavy (non-hydrogen) atoms. The van der Waals surface area contributed by atoms with E-state index in [0.29, 0.717) is 19.3 Å². The average molecular weight is 974 g/mol. The van der Waals surface area contributed by atoms with E-state index >= 15 is 0 Å². The van der Waals surface area contributed by atoms with Crippen molar-refractivity contribution in [3.63, 3.8) is 0 Å². The van der Waals surface area contributed by atoms with Gasteiger partial charge in [0.2, 0.25) is 0 Å². The van der Waals surface area contributed by atoms with Gasteiger partial charge in [-0.15, -0.1) is 0 Å². The number of unbranched alkanes of at least 4 members (excludes halogenated alkanes) is 45. The largest absolute Gasteiger partial charge is 0.462 e. The first-order chi connectivity index (χ1) is 34.0. The second-order valence-electron chi connectivity index (χ2n) is 21.3. The van der Waals surface area contributed by atoms with Crippen LogP contribution in [0.15, 0.2) is 12.2 Å². The van der Waals surface area contributed by atoms with Gasteiger partial charge in [0.25, 0.3) is 0 Å². The Balaban J connectivity index is 3.88. The molecule has 0 aliphatic carbocycles. The van der Waals surface area contributed by atoms with Crippen LogP contribution in [0.2, 0.25) is 0 Å². The molecule has 0 saturated carbocycles. The molecular formula is C63H120O6. The Bertz CT molecular complexity index is 1070. The van der Waals surface area contributed by atoms with Gasteiger partial charge in [-0.2, -0.15) is 0 Å². The minimum Gasteiger partial charge on any atom is -0.462 e. The van der Waals surface area contributed by atoms with Crippen LogP contribution < -0.4 is 0 Å². The molecule has 6 nitrogen and oxygen atoms in total. The molecule has 0 aliphatic heterocycles. The molecule has 6 heteroatoms. The minimum atomic E-state index is -0.767. The summed E-state index contributed by atoms with van der Waals surface area (Å²) in [4.78, 5) is 37.8. The van der Waals surface area contributed by atoms with Gasteiger partial charge in [-0.05, 0) is 44.9 Å². The Morgan fingerprint density at radius 2 is 0.478 bits per heavy atom. The van der Waals surface area contributed by atoms with Crippen LogP contribution in [0.5, 0.6) is 0 Å². The minimum absolute atomic E-state index is 0.0691. The van der Waals surface area contributed by atoms with E-state index in [0.717, 1.165) is 70.6 Å². The van der Waals surface area contributed by atoms with Gasteiger partial charge in [0.1, 0.15) is 13.2 Å². The van der Waals surface area contributed by atoms with Crippen LogP contribution in [0.1, 0.15) is 355 Å². The first-order valence-corrected chi connectivity index (χ1v) is 31.2. The van der Waals surface area contributed by atoms with Crippen molar-refractivity contribution in [2.75, 3.05) is 13.2 Å². The lowest BCUT2D eigenvalue weighted by Crippen LogP contribution is -2.30. The molecule has 408 valence electrons. The molecule has 0 bridgehead atoms. The van der Waals surface area contributed by atoms with Gasteiger partial charge in [0, 0.05) is 19.3 Å². The monoisotopic (exact) mass is 973 g/mol. The number of rotatable bonds is 58. The highest BCUT2D eigenvalue weighted by Crippen LogP contribution is 2.18. The van der Waals surface area contributed by atoms with E-state index in [4.69, 9.17) is 14.2 Å². The molecule has 0 aromatic heterocycles. The van der Waals surface area contributed by atoms with Crippen molar-refractivity contribution in [2.45, 2.75) is 361 Å². The highest BCUT2D eigenvalue weighted by atomic mass is 16.6. The number of hydrogen-bond acceptors (Lipinski definition) is 6. The quantitative estimate of drug-likeness (QED) is 0.0261. The summed E-state index contributed by atoms with van der Waals surface area (Å²) >= 11 is 0. The standard InChI is InChI=1S/C63H120O6/c1-4-7-10-13-15-17-19-21-23-24-25-26-27-28-29-30-31-32-33-34-35-36-37-38-40-41-43-45-47-50-53-56-62(65)68-59-60(58-67-61(64)55-52-49-12-9-6-3)69-63(66)57-54-51-48-46-44-42-39-22-20-18-16-14-11-8-5-2/h22,39,60H,4-21,23-38,40-59H2,1-3H3/b39-22-. The van der Waals surface area contributed by atoms with E-state index < -0.39 is 6.10 Å². The van der Waals surface area contributed by atoms with E-state index in [1.54, 1.807) is 0 Å². The third-order valence-electron chi connectivity index (χ3n) is 14.3. The normalized spacial score (nSPS) is 12.0. The maximum absolute atomic E-state index is 12.8. The predicted molar refractivity (Wildman–Crippen MR) is 298 cm³/mol. The average Bonchev–Trinajstić information content (AvgIpc) is 3.35. The number of carbonyl (C=O) groups excluding carboxylic acids is 3. The summed E-state index contributed by atoms with van der Waals surface area (Å²) in [6.07, 6.45) is 68.6. The molecule has 1 unspecified atom stereocenters. The van der Waals surface area contributed by atoms with Crippen LogP contribution in [0, 0.1) is 0 Å². The van der Waals surface area contributed by atoms with Crippen molar-refractivity contribution in [2.24, 2.45) is 0 Å². The van der Waals surface area contributed by atoms with Crippen LogP contribution in [0.3, 0.4) is 0 Å². The van der Waals surface area contributed by atoms with E-state index in [9.17, 15) is 14.4 Å².